The average Bonchev–Trinajstić information content (AvgIpc) is 2.78. The van der Waals surface area contributed by atoms with Crippen LogP contribution in [0, 0.1) is 0 Å². The number of pyridine rings is 1. The van der Waals surface area contributed by atoms with Gasteiger partial charge in [-0.15, -0.1) is 0 Å². The van der Waals surface area contributed by atoms with Crippen LogP contribution in [0.1, 0.15) is 24.4 Å². The zero-order valence-corrected chi connectivity index (χ0v) is 17.3. The molecule has 6 nitrogen and oxygen atoms in total. The number of aromatic nitrogens is 1. The first kappa shape index (κ1) is 21.7. The van der Waals surface area contributed by atoms with Gasteiger partial charge in [0.25, 0.3) is 0 Å². The molecule has 30 heavy (non-hydrogen) atoms. The monoisotopic (exact) mass is 423 g/mol. The van der Waals surface area contributed by atoms with Crippen LogP contribution in [-0.2, 0) is 4.79 Å². The molecule has 7 heteroatoms. The van der Waals surface area contributed by atoms with Crippen molar-refractivity contribution in [2.24, 2.45) is 0 Å². The molecule has 0 bridgehead atoms. The summed E-state index contributed by atoms with van der Waals surface area (Å²) in [4.78, 5) is 16.4. The summed E-state index contributed by atoms with van der Waals surface area (Å²) in [5, 5.41) is 12.5. The maximum Gasteiger partial charge on any atom is 0.305 e. The number of hydrogen-bond acceptors (Lipinski definition) is 6. The van der Waals surface area contributed by atoms with Crippen LogP contribution < -0.4 is 14.8 Å². The first-order chi connectivity index (χ1) is 14.7. The number of aliphatic carboxylic acids is 1. The lowest BCUT2D eigenvalue weighted by atomic mass is 10.1. The van der Waals surface area contributed by atoms with Crippen LogP contribution in [0.5, 0.6) is 5.75 Å². The summed E-state index contributed by atoms with van der Waals surface area (Å²) in [6.45, 7) is 1.37. The van der Waals surface area contributed by atoms with E-state index in [9.17, 15) is 9.90 Å². The van der Waals surface area contributed by atoms with Gasteiger partial charge in [-0.05, 0) is 54.3 Å². The van der Waals surface area contributed by atoms with Crippen LogP contribution >= 0.6 is 11.9 Å². The molecule has 0 saturated heterocycles. The normalized spacial score (nSPS) is 11.6. The van der Waals surface area contributed by atoms with Crippen LogP contribution in [0.4, 0.5) is 5.82 Å². The summed E-state index contributed by atoms with van der Waals surface area (Å²) in [5.74, 6) is 0.804. The van der Waals surface area contributed by atoms with Gasteiger partial charge in [0.2, 0.25) is 0 Å². The van der Waals surface area contributed by atoms with Gasteiger partial charge in [-0.25, -0.2) is 4.98 Å². The van der Waals surface area contributed by atoms with Crippen LogP contribution in [0.15, 0.2) is 83.9 Å². The fourth-order valence-electron chi connectivity index (χ4n) is 2.80. The number of hydrogen-bond donors (Lipinski definition) is 3. The molecule has 156 valence electrons. The van der Waals surface area contributed by atoms with Crippen molar-refractivity contribution in [3.05, 3.63) is 84.6 Å². The van der Waals surface area contributed by atoms with Gasteiger partial charge in [0.15, 0.2) is 0 Å². The summed E-state index contributed by atoms with van der Waals surface area (Å²) in [6, 6.07) is 22.9. The zero-order valence-electron chi connectivity index (χ0n) is 16.5. The van der Waals surface area contributed by atoms with E-state index in [4.69, 9.17) is 4.74 Å². The predicted molar refractivity (Wildman–Crippen MR) is 120 cm³/mol. The van der Waals surface area contributed by atoms with Gasteiger partial charge in [-0.2, -0.15) is 0 Å². The van der Waals surface area contributed by atoms with Gasteiger partial charge in [0, 0.05) is 17.6 Å². The van der Waals surface area contributed by atoms with E-state index in [1.165, 1.54) is 11.9 Å². The predicted octanol–water partition coefficient (Wildman–Crippen LogP) is 4.78. The number of rotatable bonds is 12. The topological polar surface area (TPSA) is 83.5 Å². The van der Waals surface area contributed by atoms with Crippen LogP contribution in [0.3, 0.4) is 0 Å². The van der Waals surface area contributed by atoms with E-state index >= 15 is 0 Å². The molecule has 0 radical (unpaired) electrons. The molecule has 2 aromatic carbocycles. The quantitative estimate of drug-likeness (QED) is 0.286. The Labute approximate surface area is 180 Å². The number of nitrogens with one attached hydrogen (secondary N) is 2. The maximum absolute atomic E-state index is 11.2. The summed E-state index contributed by atoms with van der Waals surface area (Å²) in [6.07, 6.45) is 2.62. The largest absolute Gasteiger partial charge is 0.493 e. The summed E-state index contributed by atoms with van der Waals surface area (Å²) >= 11 is 1.41. The van der Waals surface area contributed by atoms with Gasteiger partial charge < -0.3 is 15.2 Å². The molecule has 0 spiro atoms. The van der Waals surface area contributed by atoms with E-state index in [0.29, 0.717) is 6.61 Å². The molecule has 0 aliphatic heterocycles. The number of carbonyl (C=O) groups is 1. The van der Waals surface area contributed by atoms with Gasteiger partial charge in [0.05, 0.1) is 19.1 Å². The van der Waals surface area contributed by atoms with Crippen molar-refractivity contribution in [3.63, 3.8) is 0 Å². The highest BCUT2D eigenvalue weighted by Gasteiger charge is 2.15. The number of ether oxygens (including phenoxy) is 1. The van der Waals surface area contributed by atoms with Crippen molar-refractivity contribution in [2.45, 2.75) is 23.8 Å². The Morgan fingerprint density at radius 1 is 1.07 bits per heavy atom. The standard InChI is InChI=1S/C23H25N3O3S/c27-23(28)17-21(18-8-2-1-3-9-18)26-30-20-11-6-10-19(16-20)29-15-7-14-25-22-12-4-5-13-24-22/h1-6,8-13,16,21,26H,7,14-15,17H2,(H,24,25)(H,27,28). The molecule has 0 amide bonds. The Morgan fingerprint density at radius 3 is 2.67 bits per heavy atom. The molecule has 0 aliphatic rings. The smallest absolute Gasteiger partial charge is 0.305 e. The Kier molecular flexibility index (Phi) is 8.56. The fourth-order valence-corrected chi connectivity index (χ4v) is 3.62. The van der Waals surface area contributed by atoms with Gasteiger partial charge in [0.1, 0.15) is 11.6 Å². The minimum Gasteiger partial charge on any atom is -0.493 e. The Morgan fingerprint density at radius 2 is 1.90 bits per heavy atom. The van der Waals surface area contributed by atoms with E-state index in [-0.39, 0.29) is 12.5 Å². The Hall–Kier alpha value is -3.03. The highest BCUT2D eigenvalue weighted by molar-refractivity contribution is 7.97. The number of anilines is 1. The highest BCUT2D eigenvalue weighted by Crippen LogP contribution is 2.26. The zero-order chi connectivity index (χ0) is 21.0. The molecule has 1 atom stereocenters. The number of nitrogens with zero attached hydrogens (tertiary/aromatic N) is 1. The molecular weight excluding hydrogens is 398 g/mol. The van der Waals surface area contributed by atoms with E-state index in [1.807, 2.05) is 72.8 Å². The third-order valence-electron chi connectivity index (χ3n) is 4.27. The lowest BCUT2D eigenvalue weighted by molar-refractivity contribution is -0.137. The highest BCUT2D eigenvalue weighted by atomic mass is 32.2. The minimum absolute atomic E-state index is 0.0104. The second-order valence-electron chi connectivity index (χ2n) is 6.60. The molecular formula is C23H25N3O3S. The molecule has 1 unspecified atom stereocenters. The molecule has 1 aromatic heterocycles. The molecule has 3 aromatic rings. The molecule has 0 saturated carbocycles. The van der Waals surface area contributed by atoms with Crippen molar-refractivity contribution in [3.8, 4) is 5.75 Å². The third-order valence-corrected chi connectivity index (χ3v) is 5.16. The second-order valence-corrected chi connectivity index (χ2v) is 7.51. The van der Waals surface area contributed by atoms with Gasteiger partial charge >= 0.3 is 5.97 Å². The van der Waals surface area contributed by atoms with Crippen molar-refractivity contribution < 1.29 is 14.6 Å². The Bertz CT molecular complexity index is 910. The Balaban J connectivity index is 1.46. The van der Waals surface area contributed by atoms with Crippen molar-refractivity contribution in [1.82, 2.24) is 9.71 Å². The molecule has 1 heterocycles. The van der Waals surface area contributed by atoms with E-state index in [0.717, 1.165) is 35.0 Å². The summed E-state index contributed by atoms with van der Waals surface area (Å²) in [7, 11) is 0. The number of carboxylic acids is 1. The fraction of sp³-hybridized carbons (Fsp3) is 0.217. The number of benzene rings is 2. The van der Waals surface area contributed by atoms with Crippen LogP contribution in [-0.4, -0.2) is 29.2 Å². The minimum atomic E-state index is -0.839. The molecule has 3 rings (SSSR count). The summed E-state index contributed by atoms with van der Waals surface area (Å²) < 4.78 is 9.11. The van der Waals surface area contributed by atoms with Gasteiger partial charge in [-0.1, -0.05) is 42.5 Å². The number of carboxylic acid groups (broad SMARTS) is 1. The van der Waals surface area contributed by atoms with Crippen molar-refractivity contribution in [2.75, 3.05) is 18.5 Å². The maximum atomic E-state index is 11.2. The van der Waals surface area contributed by atoms with Crippen molar-refractivity contribution >= 4 is 23.7 Å². The average molecular weight is 424 g/mol. The van der Waals surface area contributed by atoms with Crippen LogP contribution in [0.2, 0.25) is 0 Å². The van der Waals surface area contributed by atoms with Gasteiger partial charge in [-0.3, -0.25) is 9.52 Å². The lowest BCUT2D eigenvalue weighted by Gasteiger charge is -2.17. The lowest BCUT2D eigenvalue weighted by Crippen LogP contribution is -2.18. The first-order valence-electron chi connectivity index (χ1n) is 9.77. The molecule has 3 N–H and O–H groups in total. The molecule has 0 fully saturated rings. The van der Waals surface area contributed by atoms with E-state index < -0.39 is 5.97 Å². The second kappa shape index (κ2) is 11.8. The third kappa shape index (κ3) is 7.42. The first-order valence-corrected chi connectivity index (χ1v) is 10.6. The van der Waals surface area contributed by atoms with Crippen LogP contribution in [0.25, 0.3) is 0 Å². The van der Waals surface area contributed by atoms with Crippen molar-refractivity contribution in [1.29, 1.82) is 0 Å². The molecule has 0 aliphatic carbocycles. The SMILES string of the molecule is O=C(O)CC(NSc1cccc(OCCCNc2ccccn2)c1)c1ccccc1. The summed E-state index contributed by atoms with van der Waals surface area (Å²) in [5.41, 5.74) is 0.945. The van der Waals surface area contributed by atoms with E-state index in [2.05, 4.69) is 15.0 Å². The van der Waals surface area contributed by atoms with E-state index in [1.54, 1.807) is 6.20 Å².